The van der Waals surface area contributed by atoms with Crippen molar-refractivity contribution in [3.05, 3.63) is 83.4 Å². The molecule has 0 amide bonds. The summed E-state index contributed by atoms with van der Waals surface area (Å²) in [5.41, 5.74) is 3.13. The Morgan fingerprint density at radius 3 is 2.62 bits per heavy atom. The molecule has 130 valence electrons. The van der Waals surface area contributed by atoms with Gasteiger partial charge in [-0.15, -0.1) is 0 Å². The van der Waals surface area contributed by atoms with E-state index in [1.165, 1.54) is 5.56 Å². The molecule has 3 aromatic carbocycles. The Kier molecular flexibility index (Phi) is 4.50. The molecule has 4 nitrogen and oxygen atoms in total. The van der Waals surface area contributed by atoms with E-state index in [4.69, 9.17) is 21.4 Å². The number of halogens is 1. The van der Waals surface area contributed by atoms with Crippen LogP contribution >= 0.6 is 11.6 Å². The maximum absolute atomic E-state index is 6.10. The number of benzene rings is 3. The van der Waals surface area contributed by atoms with E-state index in [1.807, 2.05) is 65.3 Å². The maximum Gasteiger partial charge on any atom is 0.160 e. The van der Waals surface area contributed by atoms with Crippen molar-refractivity contribution in [3.8, 4) is 5.75 Å². The van der Waals surface area contributed by atoms with E-state index in [2.05, 4.69) is 17.4 Å². The number of aromatic nitrogens is 2. The van der Waals surface area contributed by atoms with Gasteiger partial charge < -0.3 is 10.1 Å². The maximum atomic E-state index is 6.10. The van der Waals surface area contributed by atoms with E-state index < -0.39 is 0 Å². The van der Waals surface area contributed by atoms with Gasteiger partial charge >= 0.3 is 0 Å². The fourth-order valence-corrected chi connectivity index (χ4v) is 3.15. The average Bonchev–Trinajstić information content (AvgIpc) is 2.99. The van der Waals surface area contributed by atoms with E-state index in [9.17, 15) is 0 Å². The Morgan fingerprint density at radius 1 is 1.00 bits per heavy atom. The zero-order valence-electron chi connectivity index (χ0n) is 14.3. The second kappa shape index (κ2) is 7.10. The molecule has 0 aliphatic carbocycles. The van der Waals surface area contributed by atoms with E-state index in [-0.39, 0.29) is 0 Å². The monoisotopic (exact) mass is 363 g/mol. The standard InChI is InChI=1S/C21H18ClN3O/c1-26-18-10-11-20-19(13-18)21(23-17-9-5-8-16(22)12-17)24-25(20)14-15-6-3-2-4-7-15/h2-13H,14H2,1H3,(H,23,24). The molecular formula is C21H18ClN3O. The van der Waals surface area contributed by atoms with Gasteiger partial charge in [0.25, 0.3) is 0 Å². The molecule has 0 saturated heterocycles. The minimum absolute atomic E-state index is 0.681. The van der Waals surface area contributed by atoms with E-state index in [0.29, 0.717) is 11.6 Å². The van der Waals surface area contributed by atoms with Gasteiger partial charge in [0.15, 0.2) is 5.82 Å². The van der Waals surface area contributed by atoms with Gasteiger partial charge in [0.05, 0.1) is 19.2 Å². The lowest BCUT2D eigenvalue weighted by Gasteiger charge is -2.04. The lowest BCUT2D eigenvalue weighted by atomic mass is 10.2. The molecule has 0 aliphatic heterocycles. The first-order chi connectivity index (χ1) is 12.7. The van der Waals surface area contributed by atoms with Crippen LogP contribution in [-0.2, 0) is 6.54 Å². The summed E-state index contributed by atoms with van der Waals surface area (Å²) in [6.07, 6.45) is 0. The molecule has 1 heterocycles. The van der Waals surface area contributed by atoms with Crippen LogP contribution in [0.15, 0.2) is 72.8 Å². The summed E-state index contributed by atoms with van der Waals surface area (Å²) in [5, 5.41) is 9.85. The van der Waals surface area contributed by atoms with Gasteiger partial charge in [-0.1, -0.05) is 48.0 Å². The van der Waals surface area contributed by atoms with Gasteiger partial charge in [-0.05, 0) is 42.0 Å². The van der Waals surface area contributed by atoms with Crippen LogP contribution in [0.5, 0.6) is 5.75 Å². The first-order valence-electron chi connectivity index (χ1n) is 8.34. The number of rotatable bonds is 5. The number of fused-ring (bicyclic) bond motifs is 1. The molecular weight excluding hydrogens is 346 g/mol. The largest absolute Gasteiger partial charge is 0.497 e. The van der Waals surface area contributed by atoms with Gasteiger partial charge in [0.2, 0.25) is 0 Å². The Bertz CT molecular complexity index is 1040. The summed E-state index contributed by atoms with van der Waals surface area (Å²) in [7, 11) is 1.67. The number of nitrogens with zero attached hydrogens (tertiary/aromatic N) is 2. The predicted molar refractivity (Wildman–Crippen MR) is 107 cm³/mol. The van der Waals surface area contributed by atoms with Crippen molar-refractivity contribution < 1.29 is 4.74 Å². The molecule has 0 unspecified atom stereocenters. The van der Waals surface area contributed by atoms with Crippen LogP contribution in [0.25, 0.3) is 10.9 Å². The number of hydrogen-bond acceptors (Lipinski definition) is 3. The number of anilines is 2. The molecule has 0 fully saturated rings. The summed E-state index contributed by atoms with van der Waals surface area (Å²) >= 11 is 6.10. The molecule has 0 aliphatic rings. The summed E-state index contributed by atoms with van der Waals surface area (Å²) in [4.78, 5) is 0. The Morgan fingerprint density at radius 2 is 1.85 bits per heavy atom. The highest BCUT2D eigenvalue weighted by molar-refractivity contribution is 6.30. The Hall–Kier alpha value is -2.98. The van der Waals surface area contributed by atoms with E-state index >= 15 is 0 Å². The van der Waals surface area contributed by atoms with Crippen LogP contribution in [0, 0.1) is 0 Å². The SMILES string of the molecule is COc1ccc2c(c1)c(Nc1cccc(Cl)c1)nn2Cc1ccccc1. The third-order valence-electron chi connectivity index (χ3n) is 4.22. The fourth-order valence-electron chi connectivity index (χ4n) is 2.96. The van der Waals surface area contributed by atoms with Crippen molar-refractivity contribution >= 4 is 34.0 Å². The molecule has 4 aromatic rings. The summed E-state index contributed by atoms with van der Waals surface area (Å²) in [6, 6.07) is 23.9. The van der Waals surface area contributed by atoms with Crippen LogP contribution in [-0.4, -0.2) is 16.9 Å². The highest BCUT2D eigenvalue weighted by atomic mass is 35.5. The summed E-state index contributed by atoms with van der Waals surface area (Å²) < 4.78 is 7.39. The summed E-state index contributed by atoms with van der Waals surface area (Å²) in [5.74, 6) is 1.57. The van der Waals surface area contributed by atoms with Crippen molar-refractivity contribution in [2.75, 3.05) is 12.4 Å². The number of ether oxygens (including phenoxy) is 1. The second-order valence-corrected chi connectivity index (χ2v) is 6.45. The molecule has 26 heavy (non-hydrogen) atoms. The molecule has 0 atom stereocenters. The summed E-state index contributed by atoms with van der Waals surface area (Å²) in [6.45, 7) is 0.695. The number of hydrogen-bond donors (Lipinski definition) is 1. The van der Waals surface area contributed by atoms with Crippen LogP contribution in [0.2, 0.25) is 5.02 Å². The first-order valence-corrected chi connectivity index (χ1v) is 8.72. The van der Waals surface area contributed by atoms with Crippen molar-refractivity contribution in [2.45, 2.75) is 6.54 Å². The molecule has 0 radical (unpaired) electrons. The Labute approximate surface area is 157 Å². The minimum atomic E-state index is 0.681. The lowest BCUT2D eigenvalue weighted by Crippen LogP contribution is -2.02. The normalized spacial score (nSPS) is 10.8. The van der Waals surface area contributed by atoms with Crippen LogP contribution in [0.1, 0.15) is 5.56 Å². The van der Waals surface area contributed by atoms with Crippen molar-refractivity contribution in [2.24, 2.45) is 0 Å². The van der Waals surface area contributed by atoms with Crippen LogP contribution < -0.4 is 10.1 Å². The molecule has 0 spiro atoms. The zero-order chi connectivity index (χ0) is 17.9. The molecule has 5 heteroatoms. The van der Waals surface area contributed by atoms with E-state index in [1.54, 1.807) is 7.11 Å². The fraction of sp³-hybridized carbons (Fsp3) is 0.0952. The number of nitrogens with one attached hydrogen (secondary N) is 1. The molecule has 1 N–H and O–H groups in total. The van der Waals surface area contributed by atoms with Crippen molar-refractivity contribution in [3.63, 3.8) is 0 Å². The smallest absolute Gasteiger partial charge is 0.160 e. The second-order valence-electron chi connectivity index (χ2n) is 6.01. The Balaban J connectivity index is 1.78. The molecule has 0 bridgehead atoms. The topological polar surface area (TPSA) is 39.1 Å². The van der Waals surface area contributed by atoms with Crippen LogP contribution in [0.3, 0.4) is 0 Å². The van der Waals surface area contributed by atoms with Crippen molar-refractivity contribution in [1.29, 1.82) is 0 Å². The zero-order valence-corrected chi connectivity index (χ0v) is 15.1. The minimum Gasteiger partial charge on any atom is -0.497 e. The third-order valence-corrected chi connectivity index (χ3v) is 4.46. The lowest BCUT2D eigenvalue weighted by molar-refractivity contribution is 0.415. The highest BCUT2D eigenvalue weighted by Gasteiger charge is 2.12. The van der Waals surface area contributed by atoms with Gasteiger partial charge in [-0.2, -0.15) is 5.10 Å². The van der Waals surface area contributed by atoms with E-state index in [0.717, 1.165) is 28.2 Å². The van der Waals surface area contributed by atoms with Crippen LogP contribution in [0.4, 0.5) is 11.5 Å². The average molecular weight is 364 g/mol. The quantitative estimate of drug-likeness (QED) is 0.509. The van der Waals surface area contributed by atoms with Crippen molar-refractivity contribution in [1.82, 2.24) is 9.78 Å². The van der Waals surface area contributed by atoms with Gasteiger partial charge in [0.1, 0.15) is 5.75 Å². The molecule has 4 rings (SSSR count). The number of methoxy groups -OCH3 is 1. The molecule has 1 aromatic heterocycles. The first kappa shape index (κ1) is 16.5. The van der Waals surface area contributed by atoms with Gasteiger partial charge in [-0.25, -0.2) is 0 Å². The third kappa shape index (κ3) is 3.37. The predicted octanol–water partition coefficient (Wildman–Crippen LogP) is 5.49. The highest BCUT2D eigenvalue weighted by Crippen LogP contribution is 2.30. The molecule has 0 saturated carbocycles. The van der Waals surface area contributed by atoms with Gasteiger partial charge in [0, 0.05) is 16.1 Å². The van der Waals surface area contributed by atoms with Gasteiger partial charge in [-0.3, -0.25) is 4.68 Å².